The molecule has 2 atom stereocenters. The van der Waals surface area contributed by atoms with Gasteiger partial charge in [0.25, 0.3) is 0 Å². The van der Waals surface area contributed by atoms with Crippen LogP contribution in [0.1, 0.15) is 20.3 Å². The minimum absolute atomic E-state index is 0.0778. The van der Waals surface area contributed by atoms with Crippen LogP contribution in [0.3, 0.4) is 0 Å². The molecule has 1 amide bonds. The van der Waals surface area contributed by atoms with E-state index >= 15 is 0 Å². The molecule has 5 heteroatoms. The number of carbonyl (C=O) groups is 1. The maximum absolute atomic E-state index is 10.6. The lowest BCUT2D eigenvalue weighted by Crippen LogP contribution is -2.33. The maximum Gasteiger partial charge on any atom is 0.219 e. The van der Waals surface area contributed by atoms with E-state index in [2.05, 4.69) is 17.2 Å². The SMILES string of the molecule is CC(CC(N)=O)NC1=NCC(C)S1. The predicted octanol–water partition coefficient (Wildman–Crippen LogP) is 0.331. The molecule has 1 aliphatic heterocycles. The molecular formula is C8H15N3OS. The number of carbonyl (C=O) groups excluding carboxylic acids is 1. The second kappa shape index (κ2) is 4.50. The summed E-state index contributed by atoms with van der Waals surface area (Å²) in [6, 6.07) is 0.0778. The summed E-state index contributed by atoms with van der Waals surface area (Å²) in [6.45, 7) is 4.91. The lowest BCUT2D eigenvalue weighted by atomic mass is 10.2. The first-order valence-electron chi connectivity index (χ1n) is 4.34. The molecule has 0 aromatic rings. The minimum Gasteiger partial charge on any atom is -0.370 e. The molecule has 1 aliphatic rings. The van der Waals surface area contributed by atoms with Crippen molar-refractivity contribution in [2.45, 2.75) is 31.6 Å². The first-order chi connectivity index (χ1) is 6.08. The highest BCUT2D eigenvalue weighted by Gasteiger charge is 2.16. The Balaban J connectivity index is 2.28. The molecule has 1 heterocycles. The van der Waals surface area contributed by atoms with E-state index in [0.717, 1.165) is 11.7 Å². The number of amides is 1. The molecular weight excluding hydrogens is 186 g/mol. The summed E-state index contributed by atoms with van der Waals surface area (Å²) in [5.74, 6) is -0.281. The molecule has 0 bridgehead atoms. The third-order valence-corrected chi connectivity index (χ3v) is 2.70. The van der Waals surface area contributed by atoms with Crippen LogP contribution >= 0.6 is 11.8 Å². The molecule has 0 spiro atoms. The Morgan fingerprint density at radius 3 is 3.08 bits per heavy atom. The Labute approximate surface area is 82.4 Å². The summed E-state index contributed by atoms with van der Waals surface area (Å²) < 4.78 is 0. The third-order valence-electron chi connectivity index (χ3n) is 1.68. The van der Waals surface area contributed by atoms with Crippen LogP contribution < -0.4 is 11.1 Å². The molecule has 0 fully saturated rings. The van der Waals surface area contributed by atoms with Gasteiger partial charge in [-0.1, -0.05) is 18.7 Å². The molecule has 0 aromatic heterocycles. The van der Waals surface area contributed by atoms with E-state index in [9.17, 15) is 4.79 Å². The maximum atomic E-state index is 10.6. The average molecular weight is 201 g/mol. The summed E-state index contributed by atoms with van der Waals surface area (Å²) in [5.41, 5.74) is 5.07. The Hall–Kier alpha value is -0.710. The van der Waals surface area contributed by atoms with Crippen LogP contribution in [0.5, 0.6) is 0 Å². The van der Waals surface area contributed by atoms with E-state index in [1.807, 2.05) is 6.92 Å². The number of nitrogens with two attached hydrogens (primary N) is 1. The van der Waals surface area contributed by atoms with Gasteiger partial charge < -0.3 is 11.1 Å². The number of rotatable bonds is 3. The van der Waals surface area contributed by atoms with Gasteiger partial charge in [-0.2, -0.15) is 0 Å². The summed E-state index contributed by atoms with van der Waals surface area (Å²) >= 11 is 1.71. The van der Waals surface area contributed by atoms with E-state index in [1.165, 1.54) is 0 Å². The van der Waals surface area contributed by atoms with Crippen molar-refractivity contribution in [2.75, 3.05) is 6.54 Å². The Kier molecular flexibility index (Phi) is 3.59. The number of amidine groups is 1. The lowest BCUT2D eigenvalue weighted by Gasteiger charge is -2.12. The molecule has 0 aliphatic carbocycles. The quantitative estimate of drug-likeness (QED) is 0.691. The average Bonchev–Trinajstić information content (AvgIpc) is 2.33. The minimum atomic E-state index is -0.281. The predicted molar refractivity (Wildman–Crippen MR) is 55.8 cm³/mol. The van der Waals surface area contributed by atoms with E-state index < -0.39 is 0 Å². The monoisotopic (exact) mass is 201 g/mol. The van der Waals surface area contributed by atoms with Crippen LogP contribution in [0, 0.1) is 0 Å². The lowest BCUT2D eigenvalue weighted by molar-refractivity contribution is -0.118. The molecule has 0 saturated carbocycles. The number of hydrogen-bond acceptors (Lipinski definition) is 4. The van der Waals surface area contributed by atoms with Crippen molar-refractivity contribution < 1.29 is 4.79 Å². The van der Waals surface area contributed by atoms with Crippen LogP contribution in [0.2, 0.25) is 0 Å². The van der Waals surface area contributed by atoms with Gasteiger partial charge in [-0.25, -0.2) is 0 Å². The highest BCUT2D eigenvalue weighted by atomic mass is 32.2. The molecule has 0 radical (unpaired) electrons. The van der Waals surface area contributed by atoms with Gasteiger partial charge in [-0.3, -0.25) is 9.79 Å². The number of nitrogens with one attached hydrogen (secondary N) is 1. The number of nitrogens with zero attached hydrogens (tertiary/aromatic N) is 1. The second-order valence-corrected chi connectivity index (χ2v) is 4.72. The van der Waals surface area contributed by atoms with Crippen LogP contribution in [0.4, 0.5) is 0 Å². The van der Waals surface area contributed by atoms with E-state index in [4.69, 9.17) is 5.73 Å². The third kappa shape index (κ3) is 3.67. The fraction of sp³-hybridized carbons (Fsp3) is 0.750. The van der Waals surface area contributed by atoms with Crippen LogP contribution in [0.15, 0.2) is 4.99 Å². The van der Waals surface area contributed by atoms with E-state index in [0.29, 0.717) is 11.7 Å². The molecule has 74 valence electrons. The second-order valence-electron chi connectivity index (χ2n) is 3.29. The summed E-state index contributed by atoms with van der Waals surface area (Å²) in [6.07, 6.45) is 0.355. The van der Waals surface area contributed by atoms with Crippen molar-refractivity contribution in [1.29, 1.82) is 0 Å². The first kappa shape index (κ1) is 10.4. The summed E-state index contributed by atoms with van der Waals surface area (Å²) in [4.78, 5) is 14.9. The summed E-state index contributed by atoms with van der Waals surface area (Å²) in [5, 5.41) is 4.63. The topological polar surface area (TPSA) is 67.5 Å². The Bertz CT molecular complexity index is 229. The smallest absolute Gasteiger partial charge is 0.219 e. The molecule has 0 aromatic carbocycles. The summed E-state index contributed by atoms with van der Waals surface area (Å²) in [7, 11) is 0. The van der Waals surface area contributed by atoms with Crippen molar-refractivity contribution in [1.82, 2.24) is 5.32 Å². The van der Waals surface area contributed by atoms with Gasteiger partial charge in [0, 0.05) is 17.7 Å². The first-order valence-corrected chi connectivity index (χ1v) is 5.22. The van der Waals surface area contributed by atoms with Crippen LogP contribution in [-0.4, -0.2) is 28.9 Å². The molecule has 13 heavy (non-hydrogen) atoms. The Morgan fingerprint density at radius 2 is 2.62 bits per heavy atom. The van der Waals surface area contributed by atoms with Gasteiger partial charge in [-0.15, -0.1) is 0 Å². The largest absolute Gasteiger partial charge is 0.370 e. The normalized spacial score (nSPS) is 23.8. The van der Waals surface area contributed by atoms with Crippen LogP contribution in [0.25, 0.3) is 0 Å². The number of thioether (sulfide) groups is 1. The van der Waals surface area contributed by atoms with Gasteiger partial charge in [0.15, 0.2) is 5.17 Å². The van der Waals surface area contributed by atoms with Gasteiger partial charge in [0.1, 0.15) is 0 Å². The van der Waals surface area contributed by atoms with Crippen LogP contribution in [-0.2, 0) is 4.79 Å². The zero-order valence-electron chi connectivity index (χ0n) is 7.91. The van der Waals surface area contributed by atoms with Crippen molar-refractivity contribution in [3.8, 4) is 0 Å². The number of aliphatic imine (C=N–C) groups is 1. The van der Waals surface area contributed by atoms with Gasteiger partial charge in [0.2, 0.25) is 5.91 Å². The van der Waals surface area contributed by atoms with Gasteiger partial charge in [0.05, 0.1) is 6.54 Å². The number of primary amides is 1. The standard InChI is InChI=1S/C8H15N3OS/c1-5(3-7(9)12)11-8-10-4-6(2)13-8/h5-6H,3-4H2,1-2H3,(H2,9,12)(H,10,11). The fourth-order valence-electron chi connectivity index (χ4n) is 1.12. The Morgan fingerprint density at radius 1 is 1.92 bits per heavy atom. The van der Waals surface area contributed by atoms with Crippen molar-refractivity contribution in [2.24, 2.45) is 10.7 Å². The van der Waals surface area contributed by atoms with Gasteiger partial charge >= 0.3 is 0 Å². The highest BCUT2D eigenvalue weighted by Crippen LogP contribution is 2.18. The molecule has 2 unspecified atom stereocenters. The van der Waals surface area contributed by atoms with E-state index in [1.54, 1.807) is 11.8 Å². The fourth-order valence-corrected chi connectivity index (χ4v) is 2.07. The van der Waals surface area contributed by atoms with Crippen molar-refractivity contribution in [3.05, 3.63) is 0 Å². The number of hydrogen-bond donors (Lipinski definition) is 2. The van der Waals surface area contributed by atoms with Crippen molar-refractivity contribution in [3.63, 3.8) is 0 Å². The van der Waals surface area contributed by atoms with Gasteiger partial charge in [-0.05, 0) is 6.92 Å². The molecule has 3 N–H and O–H groups in total. The van der Waals surface area contributed by atoms with E-state index in [-0.39, 0.29) is 11.9 Å². The molecule has 0 saturated heterocycles. The zero-order valence-corrected chi connectivity index (χ0v) is 8.73. The molecule has 4 nitrogen and oxygen atoms in total. The highest BCUT2D eigenvalue weighted by molar-refractivity contribution is 8.14. The molecule has 1 rings (SSSR count). The zero-order chi connectivity index (χ0) is 9.84. The van der Waals surface area contributed by atoms with Crippen molar-refractivity contribution >= 4 is 22.8 Å².